The van der Waals surface area contributed by atoms with E-state index < -0.39 is 0 Å². The van der Waals surface area contributed by atoms with Gasteiger partial charge in [0.05, 0.1) is 32.1 Å². The number of aliphatic hydroxyl groups excluding tert-OH is 1. The summed E-state index contributed by atoms with van der Waals surface area (Å²) in [5.74, 6) is 0. The van der Waals surface area contributed by atoms with Crippen LogP contribution in [0.15, 0.2) is 85.5 Å². The second-order valence-corrected chi connectivity index (χ2v) is 7.50. The number of nitrogens with zero attached hydrogens (tertiary/aromatic N) is 5. The Labute approximate surface area is 177 Å². The third-order valence-electron chi connectivity index (χ3n) is 4.98. The van der Waals surface area contributed by atoms with Gasteiger partial charge in [-0.3, -0.25) is 14.3 Å². The van der Waals surface area contributed by atoms with Crippen molar-refractivity contribution in [3.8, 4) is 0 Å². The van der Waals surface area contributed by atoms with E-state index in [1.54, 1.807) is 0 Å². The molecule has 0 amide bonds. The van der Waals surface area contributed by atoms with Crippen LogP contribution in [-0.2, 0) is 26.2 Å². The summed E-state index contributed by atoms with van der Waals surface area (Å²) in [6.45, 7) is 3.71. The molecule has 0 unspecified atom stereocenters. The molecule has 0 aliphatic heterocycles. The highest BCUT2D eigenvalue weighted by Gasteiger charge is 2.10. The number of benzene rings is 2. The predicted molar refractivity (Wildman–Crippen MR) is 117 cm³/mol. The number of hydrogen-bond donors (Lipinski definition) is 1. The third-order valence-corrected chi connectivity index (χ3v) is 4.98. The van der Waals surface area contributed by atoms with Crippen LogP contribution in [0, 0.1) is 0 Å². The summed E-state index contributed by atoms with van der Waals surface area (Å²) in [7, 11) is 0. The van der Waals surface area contributed by atoms with E-state index in [0.717, 1.165) is 37.3 Å². The lowest BCUT2D eigenvalue weighted by molar-refractivity contribution is 0.184. The zero-order valence-electron chi connectivity index (χ0n) is 17.0. The molecule has 0 spiro atoms. The molecule has 4 rings (SSSR count). The number of rotatable bonds is 10. The first-order chi connectivity index (χ1) is 14.8. The van der Waals surface area contributed by atoms with Crippen molar-refractivity contribution in [1.82, 2.24) is 24.5 Å². The van der Waals surface area contributed by atoms with Gasteiger partial charge in [-0.25, -0.2) is 0 Å². The molecular formula is C24H27N5O. The van der Waals surface area contributed by atoms with Crippen molar-refractivity contribution in [3.63, 3.8) is 0 Å². The Morgan fingerprint density at radius 3 is 1.57 bits per heavy atom. The van der Waals surface area contributed by atoms with Gasteiger partial charge in [0.25, 0.3) is 0 Å². The first kappa shape index (κ1) is 20.1. The Bertz CT molecular complexity index is 944. The minimum Gasteiger partial charge on any atom is -0.395 e. The molecule has 0 bridgehead atoms. The SMILES string of the molecule is OCCN(Cc1cnn(Cc2ccccc2)c1)Cc1cnn(Cc2ccccc2)c1. The van der Waals surface area contributed by atoms with Gasteiger partial charge in [0, 0.05) is 43.2 Å². The molecule has 0 aliphatic rings. The van der Waals surface area contributed by atoms with E-state index in [-0.39, 0.29) is 6.61 Å². The predicted octanol–water partition coefficient (Wildman–Crippen LogP) is 3.17. The normalized spacial score (nSPS) is 11.3. The summed E-state index contributed by atoms with van der Waals surface area (Å²) < 4.78 is 3.92. The fraction of sp³-hybridized carbons (Fsp3) is 0.250. The molecule has 0 aliphatic carbocycles. The molecule has 6 nitrogen and oxygen atoms in total. The molecule has 30 heavy (non-hydrogen) atoms. The number of aliphatic hydroxyl groups is 1. The molecule has 0 fully saturated rings. The lowest BCUT2D eigenvalue weighted by Gasteiger charge is -2.19. The van der Waals surface area contributed by atoms with E-state index in [9.17, 15) is 5.11 Å². The monoisotopic (exact) mass is 401 g/mol. The molecule has 2 aromatic heterocycles. The Morgan fingerprint density at radius 2 is 1.13 bits per heavy atom. The summed E-state index contributed by atoms with van der Waals surface area (Å²) >= 11 is 0. The van der Waals surface area contributed by atoms with E-state index in [0.29, 0.717) is 6.54 Å². The fourth-order valence-electron chi connectivity index (χ4n) is 3.56. The maximum Gasteiger partial charge on any atom is 0.0659 e. The summed E-state index contributed by atoms with van der Waals surface area (Å²) in [4.78, 5) is 2.22. The second-order valence-electron chi connectivity index (χ2n) is 7.50. The molecule has 6 heteroatoms. The molecule has 2 aromatic carbocycles. The Kier molecular flexibility index (Phi) is 6.69. The van der Waals surface area contributed by atoms with Crippen LogP contribution in [0.1, 0.15) is 22.3 Å². The van der Waals surface area contributed by atoms with Gasteiger partial charge < -0.3 is 5.11 Å². The quantitative estimate of drug-likeness (QED) is 0.443. The highest BCUT2D eigenvalue weighted by molar-refractivity contribution is 5.17. The van der Waals surface area contributed by atoms with Gasteiger partial charge in [-0.15, -0.1) is 0 Å². The van der Waals surface area contributed by atoms with Crippen molar-refractivity contribution in [2.45, 2.75) is 26.2 Å². The molecule has 0 saturated carbocycles. The summed E-state index contributed by atoms with van der Waals surface area (Å²) in [5, 5.41) is 18.5. The van der Waals surface area contributed by atoms with Crippen LogP contribution in [0.3, 0.4) is 0 Å². The van der Waals surface area contributed by atoms with Crippen molar-refractivity contribution in [3.05, 3.63) is 108 Å². The van der Waals surface area contributed by atoms with Crippen LogP contribution in [0.4, 0.5) is 0 Å². The molecule has 0 saturated heterocycles. The fourth-order valence-corrected chi connectivity index (χ4v) is 3.56. The van der Waals surface area contributed by atoms with Gasteiger partial charge in [-0.1, -0.05) is 60.7 Å². The molecule has 1 N–H and O–H groups in total. The molecule has 2 heterocycles. The largest absolute Gasteiger partial charge is 0.395 e. The van der Waals surface area contributed by atoms with Crippen LogP contribution >= 0.6 is 0 Å². The highest BCUT2D eigenvalue weighted by Crippen LogP contribution is 2.11. The Balaban J connectivity index is 1.36. The van der Waals surface area contributed by atoms with Crippen molar-refractivity contribution in [2.75, 3.05) is 13.2 Å². The molecule has 0 radical (unpaired) electrons. The van der Waals surface area contributed by atoms with Crippen molar-refractivity contribution in [2.24, 2.45) is 0 Å². The molecular weight excluding hydrogens is 374 g/mol. The summed E-state index contributed by atoms with van der Waals surface area (Å²) in [5.41, 5.74) is 4.72. The number of hydrogen-bond acceptors (Lipinski definition) is 4. The van der Waals surface area contributed by atoms with Crippen molar-refractivity contribution < 1.29 is 5.11 Å². The van der Waals surface area contributed by atoms with Gasteiger partial charge in [0.15, 0.2) is 0 Å². The van der Waals surface area contributed by atoms with Crippen LogP contribution in [0.2, 0.25) is 0 Å². The standard InChI is InChI=1S/C24H27N5O/c30-12-11-27(15-23-13-25-28(19-23)17-21-7-3-1-4-8-21)16-24-14-26-29(20-24)18-22-9-5-2-6-10-22/h1-10,13-14,19-20,30H,11-12,15-18H2. The van der Waals surface area contributed by atoms with Gasteiger partial charge in [-0.2, -0.15) is 10.2 Å². The summed E-state index contributed by atoms with van der Waals surface area (Å²) in [6, 6.07) is 20.6. The minimum atomic E-state index is 0.121. The van der Waals surface area contributed by atoms with E-state index in [1.165, 1.54) is 11.1 Å². The average molecular weight is 402 g/mol. The zero-order chi connectivity index (χ0) is 20.6. The average Bonchev–Trinajstić information content (AvgIpc) is 3.39. The maximum absolute atomic E-state index is 9.51. The Morgan fingerprint density at radius 1 is 0.667 bits per heavy atom. The van der Waals surface area contributed by atoms with Crippen LogP contribution < -0.4 is 0 Å². The topological polar surface area (TPSA) is 59.1 Å². The minimum absolute atomic E-state index is 0.121. The van der Waals surface area contributed by atoms with Gasteiger partial charge in [0.2, 0.25) is 0 Å². The van der Waals surface area contributed by atoms with Gasteiger partial charge in [0.1, 0.15) is 0 Å². The zero-order valence-corrected chi connectivity index (χ0v) is 17.0. The van der Waals surface area contributed by atoms with Crippen LogP contribution in [-0.4, -0.2) is 42.7 Å². The maximum atomic E-state index is 9.51. The van der Waals surface area contributed by atoms with Gasteiger partial charge in [-0.05, 0) is 11.1 Å². The van der Waals surface area contributed by atoms with E-state index in [2.05, 4.69) is 51.8 Å². The number of aromatic nitrogens is 4. The van der Waals surface area contributed by atoms with E-state index >= 15 is 0 Å². The first-order valence-electron chi connectivity index (χ1n) is 10.2. The molecule has 4 aromatic rings. The molecule has 0 atom stereocenters. The van der Waals surface area contributed by atoms with Crippen LogP contribution in [0.25, 0.3) is 0 Å². The van der Waals surface area contributed by atoms with Crippen molar-refractivity contribution >= 4 is 0 Å². The highest BCUT2D eigenvalue weighted by atomic mass is 16.3. The first-order valence-corrected chi connectivity index (χ1v) is 10.2. The van der Waals surface area contributed by atoms with E-state index in [1.807, 2.05) is 58.2 Å². The van der Waals surface area contributed by atoms with Crippen molar-refractivity contribution in [1.29, 1.82) is 0 Å². The second kappa shape index (κ2) is 10.0. The smallest absolute Gasteiger partial charge is 0.0659 e. The summed E-state index contributed by atoms with van der Waals surface area (Å²) in [6.07, 6.45) is 7.98. The van der Waals surface area contributed by atoms with Crippen LogP contribution in [0.5, 0.6) is 0 Å². The van der Waals surface area contributed by atoms with Gasteiger partial charge >= 0.3 is 0 Å². The lowest BCUT2D eigenvalue weighted by atomic mass is 10.2. The third kappa shape index (κ3) is 5.65. The van der Waals surface area contributed by atoms with E-state index in [4.69, 9.17) is 0 Å². The lowest BCUT2D eigenvalue weighted by Crippen LogP contribution is -2.25. The molecule has 154 valence electrons. The Hall–Kier alpha value is -3.22.